The average Bonchev–Trinajstić information content (AvgIpc) is 3.04. The van der Waals surface area contributed by atoms with Crippen LogP contribution in [-0.4, -0.2) is 35.3 Å². The summed E-state index contributed by atoms with van der Waals surface area (Å²) >= 11 is 0. The zero-order valence-corrected chi connectivity index (χ0v) is 10.9. The van der Waals surface area contributed by atoms with Crippen molar-refractivity contribution in [3.63, 3.8) is 0 Å². The molecule has 2 unspecified atom stereocenters. The van der Waals surface area contributed by atoms with Crippen LogP contribution < -0.4 is 5.32 Å². The first-order valence-corrected chi connectivity index (χ1v) is 6.59. The molecule has 2 amide bonds. The molecule has 2 atom stereocenters. The van der Waals surface area contributed by atoms with Crippen molar-refractivity contribution in [2.45, 2.75) is 52.1 Å². The normalized spacial score (nSPS) is 27.3. The molecule has 0 aromatic rings. The molecule has 0 spiro atoms. The molecule has 0 aromatic carbocycles. The minimum Gasteiger partial charge on any atom is -0.345 e. The zero-order valence-electron chi connectivity index (χ0n) is 10.9. The predicted molar refractivity (Wildman–Crippen MR) is 65.3 cm³/mol. The van der Waals surface area contributed by atoms with Crippen LogP contribution in [0.2, 0.25) is 0 Å². The van der Waals surface area contributed by atoms with E-state index in [-0.39, 0.29) is 36.4 Å². The molecule has 17 heavy (non-hydrogen) atoms. The Morgan fingerprint density at radius 2 is 1.94 bits per heavy atom. The van der Waals surface area contributed by atoms with Gasteiger partial charge in [-0.3, -0.25) is 9.59 Å². The Kier molecular flexibility index (Phi) is 3.40. The highest BCUT2D eigenvalue weighted by molar-refractivity contribution is 5.95. The number of rotatable bonds is 4. The van der Waals surface area contributed by atoms with Crippen LogP contribution in [-0.2, 0) is 9.59 Å². The fraction of sp³-hybridized carbons (Fsp3) is 0.846. The molecule has 1 N–H and O–H groups in total. The minimum atomic E-state index is -0.287. The van der Waals surface area contributed by atoms with E-state index in [1.165, 1.54) is 12.8 Å². The molecular formula is C13H22N2O2. The van der Waals surface area contributed by atoms with Crippen LogP contribution >= 0.6 is 0 Å². The summed E-state index contributed by atoms with van der Waals surface area (Å²) in [4.78, 5) is 25.7. The molecule has 0 aromatic heterocycles. The van der Waals surface area contributed by atoms with E-state index in [0.717, 1.165) is 12.3 Å². The van der Waals surface area contributed by atoms with Crippen molar-refractivity contribution in [2.24, 2.45) is 11.8 Å². The van der Waals surface area contributed by atoms with Gasteiger partial charge in [0, 0.05) is 6.04 Å². The van der Waals surface area contributed by atoms with Gasteiger partial charge in [0.15, 0.2) is 0 Å². The number of piperazine rings is 1. The van der Waals surface area contributed by atoms with Crippen LogP contribution in [0.15, 0.2) is 0 Å². The maximum Gasteiger partial charge on any atom is 0.243 e. The number of carbonyl (C=O) groups excluding carboxylic acids is 2. The van der Waals surface area contributed by atoms with Gasteiger partial charge in [0.2, 0.25) is 11.8 Å². The van der Waals surface area contributed by atoms with Crippen LogP contribution in [0.25, 0.3) is 0 Å². The number of nitrogens with one attached hydrogen (secondary N) is 1. The van der Waals surface area contributed by atoms with Crippen LogP contribution in [0, 0.1) is 11.8 Å². The fourth-order valence-electron chi connectivity index (χ4n) is 2.73. The zero-order chi connectivity index (χ0) is 12.6. The van der Waals surface area contributed by atoms with Gasteiger partial charge in [-0.2, -0.15) is 0 Å². The molecule has 1 aliphatic carbocycles. The van der Waals surface area contributed by atoms with Gasteiger partial charge in [-0.05, 0) is 25.2 Å². The summed E-state index contributed by atoms with van der Waals surface area (Å²) in [5.74, 6) is 1.01. The molecule has 4 nitrogen and oxygen atoms in total. The molecule has 0 bridgehead atoms. The molecular weight excluding hydrogens is 216 g/mol. The van der Waals surface area contributed by atoms with E-state index in [0.29, 0.717) is 0 Å². The highest BCUT2D eigenvalue weighted by Crippen LogP contribution is 2.35. The molecule has 1 heterocycles. The second-order valence-corrected chi connectivity index (χ2v) is 5.74. The van der Waals surface area contributed by atoms with E-state index < -0.39 is 0 Å². The van der Waals surface area contributed by atoms with Crippen molar-refractivity contribution in [2.75, 3.05) is 6.54 Å². The Bertz CT molecular complexity index is 323. The first-order valence-electron chi connectivity index (χ1n) is 6.59. The molecule has 1 aliphatic heterocycles. The van der Waals surface area contributed by atoms with E-state index in [1.54, 1.807) is 0 Å². The van der Waals surface area contributed by atoms with E-state index in [2.05, 4.69) is 12.2 Å². The summed E-state index contributed by atoms with van der Waals surface area (Å²) < 4.78 is 0. The second kappa shape index (κ2) is 4.67. The summed E-state index contributed by atoms with van der Waals surface area (Å²) in [7, 11) is 0. The van der Waals surface area contributed by atoms with Gasteiger partial charge in [-0.15, -0.1) is 0 Å². The molecule has 2 rings (SSSR count). The van der Waals surface area contributed by atoms with Crippen molar-refractivity contribution in [1.29, 1.82) is 0 Å². The van der Waals surface area contributed by atoms with Gasteiger partial charge < -0.3 is 10.2 Å². The smallest absolute Gasteiger partial charge is 0.243 e. The third-order valence-corrected chi connectivity index (χ3v) is 3.75. The second-order valence-electron chi connectivity index (χ2n) is 5.74. The average molecular weight is 238 g/mol. The summed E-state index contributed by atoms with van der Waals surface area (Å²) in [6.45, 7) is 6.24. The number of hydrogen-bond acceptors (Lipinski definition) is 2. The van der Waals surface area contributed by atoms with Gasteiger partial charge in [-0.1, -0.05) is 26.7 Å². The summed E-state index contributed by atoms with van der Waals surface area (Å²) in [5.41, 5.74) is 0. The highest BCUT2D eigenvalue weighted by Gasteiger charge is 2.40. The third kappa shape index (κ3) is 2.61. The van der Waals surface area contributed by atoms with Crippen molar-refractivity contribution in [1.82, 2.24) is 10.2 Å². The maximum atomic E-state index is 12.0. The largest absolute Gasteiger partial charge is 0.345 e. The Hall–Kier alpha value is -1.06. The molecule has 2 fully saturated rings. The first kappa shape index (κ1) is 12.4. The maximum absolute atomic E-state index is 12.0. The van der Waals surface area contributed by atoms with Crippen LogP contribution in [0.1, 0.15) is 40.0 Å². The minimum absolute atomic E-state index is 0.00208. The predicted octanol–water partition coefficient (Wildman–Crippen LogP) is 1.16. The Morgan fingerprint density at radius 3 is 2.47 bits per heavy atom. The summed E-state index contributed by atoms with van der Waals surface area (Å²) in [6.07, 6.45) is 3.61. The first-order chi connectivity index (χ1) is 8.00. The Labute approximate surface area is 103 Å². The molecule has 0 radical (unpaired) electrons. The number of carbonyl (C=O) groups is 2. The number of amides is 2. The molecule has 4 heteroatoms. The lowest BCUT2D eigenvalue weighted by Gasteiger charge is -2.41. The van der Waals surface area contributed by atoms with Gasteiger partial charge in [-0.25, -0.2) is 0 Å². The van der Waals surface area contributed by atoms with E-state index in [4.69, 9.17) is 0 Å². The lowest BCUT2D eigenvalue weighted by Crippen LogP contribution is -2.62. The molecule has 1 saturated heterocycles. The van der Waals surface area contributed by atoms with Crippen LogP contribution in [0.3, 0.4) is 0 Å². The van der Waals surface area contributed by atoms with Gasteiger partial charge in [0.25, 0.3) is 0 Å². The van der Waals surface area contributed by atoms with Crippen LogP contribution in [0.5, 0.6) is 0 Å². The van der Waals surface area contributed by atoms with E-state index >= 15 is 0 Å². The number of hydrogen-bond donors (Lipinski definition) is 1. The van der Waals surface area contributed by atoms with Crippen molar-refractivity contribution >= 4 is 11.8 Å². The topological polar surface area (TPSA) is 49.4 Å². The monoisotopic (exact) mass is 238 g/mol. The van der Waals surface area contributed by atoms with E-state index in [1.807, 2.05) is 18.7 Å². The SMILES string of the molecule is CC(C)C1C(=O)NCC(=O)N1C(C)CC1CC1. The van der Waals surface area contributed by atoms with E-state index in [9.17, 15) is 9.59 Å². The molecule has 1 saturated carbocycles. The van der Waals surface area contributed by atoms with Gasteiger partial charge in [0.05, 0.1) is 6.54 Å². The van der Waals surface area contributed by atoms with Gasteiger partial charge in [0.1, 0.15) is 6.04 Å². The standard InChI is InChI=1S/C13H22N2O2/c1-8(2)12-13(17)14-7-11(16)15(12)9(3)6-10-4-5-10/h8-10,12H,4-7H2,1-3H3,(H,14,17). The Morgan fingerprint density at radius 1 is 1.29 bits per heavy atom. The van der Waals surface area contributed by atoms with Crippen molar-refractivity contribution < 1.29 is 9.59 Å². The van der Waals surface area contributed by atoms with Gasteiger partial charge >= 0.3 is 0 Å². The third-order valence-electron chi connectivity index (χ3n) is 3.75. The highest BCUT2D eigenvalue weighted by atomic mass is 16.2. The Balaban J connectivity index is 2.11. The van der Waals surface area contributed by atoms with Crippen molar-refractivity contribution in [3.05, 3.63) is 0 Å². The lowest BCUT2D eigenvalue weighted by atomic mass is 9.96. The number of nitrogens with zero attached hydrogens (tertiary/aromatic N) is 1. The lowest BCUT2D eigenvalue weighted by molar-refractivity contribution is -0.150. The molecule has 96 valence electrons. The quantitative estimate of drug-likeness (QED) is 0.799. The summed E-state index contributed by atoms with van der Waals surface area (Å²) in [6, 6.07) is -0.0987. The summed E-state index contributed by atoms with van der Waals surface area (Å²) in [5, 5.41) is 2.69. The van der Waals surface area contributed by atoms with Crippen LogP contribution in [0.4, 0.5) is 0 Å². The molecule has 2 aliphatic rings. The fourth-order valence-corrected chi connectivity index (χ4v) is 2.73. The van der Waals surface area contributed by atoms with Crippen molar-refractivity contribution in [3.8, 4) is 0 Å².